The van der Waals surface area contributed by atoms with Gasteiger partial charge in [-0.2, -0.15) is 0 Å². The highest BCUT2D eigenvalue weighted by Crippen LogP contribution is 2.33. The van der Waals surface area contributed by atoms with E-state index < -0.39 is 6.09 Å². The zero-order chi connectivity index (χ0) is 18.6. The summed E-state index contributed by atoms with van der Waals surface area (Å²) < 4.78 is 5.78. The highest BCUT2D eigenvalue weighted by molar-refractivity contribution is 6.35. The fourth-order valence-corrected chi connectivity index (χ4v) is 3.21. The minimum absolute atomic E-state index is 0.469. The van der Waals surface area contributed by atoms with E-state index in [4.69, 9.17) is 16.3 Å². The Labute approximate surface area is 162 Å². The predicted molar refractivity (Wildman–Crippen MR) is 110 cm³/mol. The van der Waals surface area contributed by atoms with Crippen LogP contribution in [0.4, 0.5) is 16.2 Å². The fraction of sp³-hybridized carbons (Fsp3) is 0. The van der Waals surface area contributed by atoms with Crippen LogP contribution in [-0.4, -0.2) is 6.09 Å². The van der Waals surface area contributed by atoms with Gasteiger partial charge in [-0.25, -0.2) is 9.69 Å². The molecule has 0 aromatic heterocycles. The lowest BCUT2D eigenvalue weighted by Gasteiger charge is -2.22. The Morgan fingerprint density at radius 1 is 0.667 bits per heavy atom. The molecule has 4 heteroatoms. The maximum atomic E-state index is 13.1. The second kappa shape index (κ2) is 7.52. The lowest BCUT2D eigenvalue weighted by atomic mass is 10.1. The Hall–Kier alpha value is -3.30. The smallest absolute Gasteiger partial charge is 0.409 e. The number of amides is 1. The number of nitrogens with zero attached hydrogens (tertiary/aromatic N) is 1. The number of halogens is 1. The van der Waals surface area contributed by atoms with Gasteiger partial charge in [-0.1, -0.05) is 72.3 Å². The Morgan fingerprint density at radius 2 is 1.19 bits per heavy atom. The van der Waals surface area contributed by atoms with E-state index in [-0.39, 0.29) is 0 Å². The molecular weight excluding hydrogens is 358 g/mol. The lowest BCUT2D eigenvalue weighted by molar-refractivity contribution is 0.211. The second-order valence-corrected chi connectivity index (χ2v) is 6.37. The minimum Gasteiger partial charge on any atom is -0.409 e. The third-order valence-electron chi connectivity index (χ3n) is 4.24. The number of anilines is 2. The van der Waals surface area contributed by atoms with E-state index in [1.165, 1.54) is 0 Å². The maximum Gasteiger partial charge on any atom is 0.424 e. The maximum absolute atomic E-state index is 13.1. The molecule has 3 nitrogen and oxygen atoms in total. The Kier molecular flexibility index (Phi) is 4.77. The summed E-state index contributed by atoms with van der Waals surface area (Å²) in [5.74, 6) is 0.469. The molecule has 0 heterocycles. The number of benzene rings is 4. The van der Waals surface area contributed by atoms with Crippen molar-refractivity contribution < 1.29 is 9.53 Å². The standard InChI is InChI=1S/C23H16ClNO2/c24-21-15-16-22(20-14-8-7-13-19(20)21)27-23(26)25(17-9-3-1-4-10-17)18-11-5-2-6-12-18/h1-16H. The van der Waals surface area contributed by atoms with Crippen molar-refractivity contribution in [2.45, 2.75) is 0 Å². The van der Waals surface area contributed by atoms with Gasteiger partial charge in [-0.15, -0.1) is 0 Å². The summed E-state index contributed by atoms with van der Waals surface area (Å²) in [4.78, 5) is 14.7. The Bertz CT molecular complexity index is 1040. The first-order valence-electron chi connectivity index (χ1n) is 8.53. The first-order valence-corrected chi connectivity index (χ1v) is 8.91. The molecule has 0 aliphatic heterocycles. The molecule has 0 bridgehead atoms. The molecule has 132 valence electrons. The molecular formula is C23H16ClNO2. The molecule has 0 unspecified atom stereocenters. The highest BCUT2D eigenvalue weighted by Gasteiger charge is 2.21. The van der Waals surface area contributed by atoms with Crippen molar-refractivity contribution >= 4 is 39.8 Å². The van der Waals surface area contributed by atoms with Crippen LogP contribution in [0.3, 0.4) is 0 Å². The molecule has 0 saturated carbocycles. The quantitative estimate of drug-likeness (QED) is 0.394. The molecule has 0 N–H and O–H groups in total. The van der Waals surface area contributed by atoms with E-state index in [0.717, 1.165) is 22.1 Å². The average molecular weight is 374 g/mol. The number of rotatable bonds is 3. The summed E-state index contributed by atoms with van der Waals surface area (Å²) in [7, 11) is 0. The molecule has 0 radical (unpaired) electrons. The van der Waals surface area contributed by atoms with Crippen molar-refractivity contribution in [2.75, 3.05) is 4.90 Å². The van der Waals surface area contributed by atoms with Gasteiger partial charge in [0.25, 0.3) is 0 Å². The number of ether oxygens (including phenoxy) is 1. The Morgan fingerprint density at radius 3 is 1.78 bits per heavy atom. The van der Waals surface area contributed by atoms with Gasteiger partial charge in [0, 0.05) is 15.8 Å². The summed E-state index contributed by atoms with van der Waals surface area (Å²) in [5.41, 5.74) is 1.46. The zero-order valence-corrected chi connectivity index (χ0v) is 15.1. The van der Waals surface area contributed by atoms with Gasteiger partial charge >= 0.3 is 6.09 Å². The summed E-state index contributed by atoms with van der Waals surface area (Å²) in [6, 6.07) is 29.9. The highest BCUT2D eigenvalue weighted by atomic mass is 35.5. The van der Waals surface area contributed by atoms with Crippen LogP contribution in [0.1, 0.15) is 0 Å². The van der Waals surface area contributed by atoms with Gasteiger partial charge in [-0.3, -0.25) is 0 Å². The van der Waals surface area contributed by atoms with E-state index in [1.807, 2.05) is 84.9 Å². The lowest BCUT2D eigenvalue weighted by Crippen LogP contribution is -2.29. The third kappa shape index (κ3) is 3.50. The third-order valence-corrected chi connectivity index (χ3v) is 4.57. The summed E-state index contributed by atoms with van der Waals surface area (Å²) in [6.07, 6.45) is -0.486. The van der Waals surface area contributed by atoms with Gasteiger partial charge in [0.1, 0.15) is 5.75 Å². The number of carbonyl (C=O) groups excluding carboxylic acids is 1. The number of fused-ring (bicyclic) bond motifs is 1. The second-order valence-electron chi connectivity index (χ2n) is 5.97. The SMILES string of the molecule is O=C(Oc1ccc(Cl)c2ccccc12)N(c1ccccc1)c1ccccc1. The molecule has 4 aromatic rings. The average Bonchev–Trinajstić information content (AvgIpc) is 2.72. The van der Waals surface area contributed by atoms with Crippen LogP contribution < -0.4 is 9.64 Å². The van der Waals surface area contributed by atoms with Crippen molar-refractivity contribution in [1.82, 2.24) is 0 Å². The summed E-state index contributed by atoms with van der Waals surface area (Å²) in [6.45, 7) is 0. The van der Waals surface area contributed by atoms with Crippen LogP contribution in [0.25, 0.3) is 10.8 Å². The van der Waals surface area contributed by atoms with Crippen LogP contribution in [0, 0.1) is 0 Å². The van der Waals surface area contributed by atoms with E-state index in [9.17, 15) is 4.79 Å². The number of para-hydroxylation sites is 2. The number of carbonyl (C=O) groups is 1. The van der Waals surface area contributed by atoms with Crippen LogP contribution in [0.15, 0.2) is 97.1 Å². The van der Waals surface area contributed by atoms with Gasteiger partial charge < -0.3 is 4.74 Å². The Balaban J connectivity index is 1.75. The normalized spacial score (nSPS) is 10.6. The van der Waals surface area contributed by atoms with Crippen LogP contribution in [0.2, 0.25) is 5.02 Å². The monoisotopic (exact) mass is 373 g/mol. The van der Waals surface area contributed by atoms with Crippen molar-refractivity contribution in [1.29, 1.82) is 0 Å². The topological polar surface area (TPSA) is 29.5 Å². The molecule has 0 fully saturated rings. The fourth-order valence-electron chi connectivity index (χ4n) is 2.98. The zero-order valence-electron chi connectivity index (χ0n) is 14.4. The van der Waals surface area contributed by atoms with Crippen molar-refractivity contribution in [3.05, 3.63) is 102 Å². The van der Waals surface area contributed by atoms with E-state index in [2.05, 4.69) is 0 Å². The minimum atomic E-state index is -0.486. The van der Waals surface area contributed by atoms with Crippen LogP contribution >= 0.6 is 11.6 Å². The molecule has 0 aliphatic carbocycles. The van der Waals surface area contributed by atoms with Gasteiger partial charge in [0.2, 0.25) is 0 Å². The number of hydrogen-bond donors (Lipinski definition) is 0. The van der Waals surface area contributed by atoms with Crippen molar-refractivity contribution in [3.8, 4) is 5.75 Å². The van der Waals surface area contributed by atoms with Crippen molar-refractivity contribution in [3.63, 3.8) is 0 Å². The molecule has 0 saturated heterocycles. The molecule has 0 spiro atoms. The van der Waals surface area contributed by atoms with E-state index in [1.54, 1.807) is 17.0 Å². The van der Waals surface area contributed by atoms with Gasteiger partial charge in [0.15, 0.2) is 0 Å². The number of hydrogen-bond acceptors (Lipinski definition) is 2. The summed E-state index contributed by atoms with van der Waals surface area (Å²) in [5, 5.41) is 2.25. The van der Waals surface area contributed by atoms with E-state index >= 15 is 0 Å². The summed E-state index contributed by atoms with van der Waals surface area (Å²) >= 11 is 6.27. The van der Waals surface area contributed by atoms with Crippen molar-refractivity contribution in [2.24, 2.45) is 0 Å². The molecule has 4 aromatic carbocycles. The van der Waals surface area contributed by atoms with E-state index in [0.29, 0.717) is 10.8 Å². The predicted octanol–water partition coefficient (Wildman–Crippen LogP) is 6.83. The van der Waals surface area contributed by atoms with Gasteiger partial charge in [0.05, 0.1) is 11.4 Å². The molecule has 1 amide bonds. The first kappa shape index (κ1) is 17.1. The van der Waals surface area contributed by atoms with Gasteiger partial charge in [-0.05, 0) is 36.4 Å². The van der Waals surface area contributed by atoms with Crippen LogP contribution in [-0.2, 0) is 0 Å². The molecule has 0 aliphatic rings. The first-order chi connectivity index (χ1) is 13.2. The molecule has 4 rings (SSSR count). The van der Waals surface area contributed by atoms with Crippen LogP contribution in [0.5, 0.6) is 5.75 Å². The molecule has 0 atom stereocenters. The largest absolute Gasteiger partial charge is 0.424 e. The molecule has 27 heavy (non-hydrogen) atoms.